The van der Waals surface area contributed by atoms with Crippen LogP contribution < -0.4 is 14.8 Å². The first-order chi connectivity index (χ1) is 14.0. The van der Waals surface area contributed by atoms with E-state index in [1.807, 2.05) is 13.8 Å². The van der Waals surface area contributed by atoms with Crippen LogP contribution in [0.25, 0.3) is 0 Å². The number of hydrogen-bond donors (Lipinski definition) is 2. The molecule has 164 valence electrons. The van der Waals surface area contributed by atoms with E-state index >= 15 is 0 Å². The summed E-state index contributed by atoms with van der Waals surface area (Å²) in [6.45, 7) is 3.87. The third-order valence-corrected chi connectivity index (χ3v) is 6.87. The van der Waals surface area contributed by atoms with Crippen LogP contribution in [0.15, 0.2) is 12.1 Å². The number of alkyl halides is 2. The minimum Gasteiger partial charge on any atom is -0.478 e. The molecule has 2 saturated carbocycles. The first-order valence-corrected chi connectivity index (χ1v) is 10.4. The van der Waals surface area contributed by atoms with Gasteiger partial charge in [-0.3, -0.25) is 4.79 Å². The van der Waals surface area contributed by atoms with Gasteiger partial charge < -0.3 is 19.9 Å². The van der Waals surface area contributed by atoms with Gasteiger partial charge in [0.25, 0.3) is 5.92 Å². The zero-order valence-corrected chi connectivity index (χ0v) is 17.5. The fourth-order valence-electron chi connectivity index (χ4n) is 4.80. The number of carboxylic acids is 1. The van der Waals surface area contributed by atoms with Gasteiger partial charge in [-0.15, -0.1) is 0 Å². The van der Waals surface area contributed by atoms with E-state index in [0.29, 0.717) is 30.8 Å². The number of fused-ring (bicyclic) bond motifs is 1. The van der Waals surface area contributed by atoms with Crippen molar-refractivity contribution in [3.8, 4) is 11.5 Å². The van der Waals surface area contributed by atoms with Crippen molar-refractivity contribution in [1.82, 2.24) is 5.32 Å². The van der Waals surface area contributed by atoms with Gasteiger partial charge in [0.2, 0.25) is 12.2 Å². The molecule has 30 heavy (non-hydrogen) atoms. The van der Waals surface area contributed by atoms with Crippen molar-refractivity contribution >= 4 is 23.5 Å². The number of carbonyl (C=O) groups is 2. The molecule has 2 N–H and O–H groups in total. The highest BCUT2D eigenvalue weighted by Crippen LogP contribution is 2.49. The number of carboxylic acid groups (broad SMARTS) is 1. The number of nitrogens with one attached hydrogen (secondary N) is 1. The molecule has 1 aromatic rings. The van der Waals surface area contributed by atoms with Crippen LogP contribution >= 0.6 is 11.6 Å². The van der Waals surface area contributed by atoms with Gasteiger partial charge in [-0.25, -0.2) is 13.6 Å². The van der Waals surface area contributed by atoms with Gasteiger partial charge in [-0.05, 0) is 37.3 Å². The Kier molecular flexibility index (Phi) is 5.11. The summed E-state index contributed by atoms with van der Waals surface area (Å²) in [6.07, 6.45) is 0.579. The lowest BCUT2D eigenvalue weighted by molar-refractivity contribution is -0.143. The van der Waals surface area contributed by atoms with Crippen LogP contribution in [0.1, 0.15) is 56.3 Å². The Morgan fingerprint density at radius 2 is 1.93 bits per heavy atom. The lowest BCUT2D eigenvalue weighted by atomic mass is 9.66. The summed E-state index contributed by atoms with van der Waals surface area (Å²) in [5.74, 6) is -3.28. The molecule has 9 heteroatoms. The van der Waals surface area contributed by atoms with E-state index in [1.165, 1.54) is 12.1 Å². The summed E-state index contributed by atoms with van der Waals surface area (Å²) < 4.78 is 37.9. The number of carbonyl (C=O) groups excluding carboxylic acids is 1. The average Bonchev–Trinajstić information content (AvgIpc) is 3.04. The smallest absolute Gasteiger partial charge is 0.335 e. The Bertz CT molecular complexity index is 886. The molecular formula is C21H24ClF2NO5. The van der Waals surface area contributed by atoms with E-state index in [9.17, 15) is 23.5 Å². The van der Waals surface area contributed by atoms with Gasteiger partial charge in [0.1, 0.15) is 0 Å². The van der Waals surface area contributed by atoms with Gasteiger partial charge in [-0.1, -0.05) is 25.4 Å². The first kappa shape index (κ1) is 21.2. The third kappa shape index (κ3) is 3.82. The molecule has 1 heterocycles. The Labute approximate surface area is 177 Å². The fraction of sp³-hybridized carbons (Fsp3) is 0.619. The molecule has 1 aliphatic heterocycles. The van der Waals surface area contributed by atoms with Crippen molar-refractivity contribution in [3.63, 3.8) is 0 Å². The summed E-state index contributed by atoms with van der Waals surface area (Å²) in [6, 6.07) is 2.26. The van der Waals surface area contributed by atoms with Crippen LogP contribution in [0, 0.1) is 17.3 Å². The molecule has 1 amide bonds. The standard InChI is InChI=1S/C21H24ClF2NO5/c1-10-7-20(2,19(28)25-12-8-21(23,24)9-12)4-3-13(10)18-29-15-6-11(17(26)27)5-14(22)16(15)30-18/h5-6,10,12-13,18H,3-4,7-9H2,1-2H3,(H,25,28)(H,26,27). The summed E-state index contributed by atoms with van der Waals surface area (Å²) in [7, 11) is 0. The quantitative estimate of drug-likeness (QED) is 0.716. The van der Waals surface area contributed by atoms with Crippen molar-refractivity contribution in [3.05, 3.63) is 22.7 Å². The van der Waals surface area contributed by atoms with Crippen LogP contribution in [0.2, 0.25) is 5.02 Å². The van der Waals surface area contributed by atoms with E-state index < -0.39 is 29.6 Å². The molecule has 4 rings (SSSR count). The van der Waals surface area contributed by atoms with Crippen LogP contribution in [0.5, 0.6) is 11.5 Å². The summed E-state index contributed by atoms with van der Waals surface area (Å²) in [5.41, 5.74) is -0.620. The van der Waals surface area contributed by atoms with Crippen molar-refractivity contribution in [1.29, 1.82) is 0 Å². The van der Waals surface area contributed by atoms with Gasteiger partial charge in [0.05, 0.1) is 10.6 Å². The number of rotatable bonds is 4. The predicted molar refractivity (Wildman–Crippen MR) is 104 cm³/mol. The second-order valence-electron chi connectivity index (χ2n) is 9.07. The maximum Gasteiger partial charge on any atom is 0.335 e. The molecule has 0 radical (unpaired) electrons. The van der Waals surface area contributed by atoms with Crippen LogP contribution in [0.3, 0.4) is 0 Å². The van der Waals surface area contributed by atoms with Crippen molar-refractivity contribution in [2.45, 2.75) is 64.2 Å². The summed E-state index contributed by atoms with van der Waals surface area (Å²) in [5, 5.41) is 12.1. The molecular weight excluding hydrogens is 420 g/mol. The molecule has 2 aliphatic carbocycles. The molecule has 0 saturated heterocycles. The Balaban J connectivity index is 1.39. The van der Waals surface area contributed by atoms with E-state index in [4.69, 9.17) is 21.1 Å². The number of aromatic carboxylic acids is 1. The third-order valence-electron chi connectivity index (χ3n) is 6.59. The highest BCUT2D eigenvalue weighted by Gasteiger charge is 2.50. The predicted octanol–water partition coefficient (Wildman–Crippen LogP) is 4.49. The Morgan fingerprint density at radius 1 is 1.23 bits per heavy atom. The summed E-state index contributed by atoms with van der Waals surface area (Å²) in [4.78, 5) is 24.0. The van der Waals surface area contributed by atoms with Crippen LogP contribution in [0.4, 0.5) is 8.78 Å². The molecule has 0 aromatic heterocycles. The second kappa shape index (κ2) is 7.25. The molecule has 4 unspecified atom stereocenters. The number of halogens is 3. The van der Waals surface area contributed by atoms with E-state index in [1.54, 1.807) is 0 Å². The van der Waals surface area contributed by atoms with Crippen molar-refractivity contribution in [2.24, 2.45) is 17.3 Å². The topological polar surface area (TPSA) is 84.9 Å². The van der Waals surface area contributed by atoms with Crippen LogP contribution in [-0.2, 0) is 4.79 Å². The lowest BCUT2D eigenvalue weighted by Crippen LogP contribution is -2.55. The molecule has 4 atom stereocenters. The molecule has 0 bridgehead atoms. The van der Waals surface area contributed by atoms with Crippen LogP contribution in [-0.4, -0.2) is 35.2 Å². The number of benzene rings is 1. The second-order valence-corrected chi connectivity index (χ2v) is 9.48. The lowest BCUT2D eigenvalue weighted by Gasteiger charge is -2.43. The zero-order chi connectivity index (χ0) is 21.8. The molecule has 0 spiro atoms. The minimum absolute atomic E-state index is 0.0179. The van der Waals surface area contributed by atoms with Gasteiger partial charge in [0.15, 0.2) is 11.5 Å². The molecule has 1 aromatic carbocycles. The zero-order valence-electron chi connectivity index (χ0n) is 16.7. The van der Waals surface area contributed by atoms with E-state index in [0.717, 1.165) is 0 Å². The number of hydrogen-bond acceptors (Lipinski definition) is 4. The maximum atomic E-state index is 13.1. The normalized spacial score (nSPS) is 32.4. The largest absolute Gasteiger partial charge is 0.478 e. The monoisotopic (exact) mass is 443 g/mol. The minimum atomic E-state index is -2.67. The molecule has 6 nitrogen and oxygen atoms in total. The van der Waals surface area contributed by atoms with E-state index in [2.05, 4.69) is 5.32 Å². The fourth-order valence-corrected chi connectivity index (χ4v) is 5.06. The first-order valence-electron chi connectivity index (χ1n) is 10.1. The van der Waals surface area contributed by atoms with E-state index in [-0.39, 0.29) is 41.2 Å². The molecule has 2 fully saturated rings. The Morgan fingerprint density at radius 3 is 2.53 bits per heavy atom. The van der Waals surface area contributed by atoms with Gasteiger partial charge in [-0.2, -0.15) is 0 Å². The van der Waals surface area contributed by atoms with Crippen molar-refractivity contribution < 1.29 is 33.0 Å². The number of amides is 1. The highest BCUT2D eigenvalue weighted by molar-refractivity contribution is 6.32. The van der Waals surface area contributed by atoms with Gasteiger partial charge in [0, 0.05) is 30.2 Å². The highest BCUT2D eigenvalue weighted by atomic mass is 35.5. The summed E-state index contributed by atoms with van der Waals surface area (Å²) >= 11 is 6.16. The Hall–Kier alpha value is -2.09. The number of ether oxygens (including phenoxy) is 2. The molecule has 3 aliphatic rings. The van der Waals surface area contributed by atoms with Crippen molar-refractivity contribution in [2.75, 3.05) is 0 Å². The van der Waals surface area contributed by atoms with Gasteiger partial charge >= 0.3 is 5.97 Å². The maximum absolute atomic E-state index is 13.1. The average molecular weight is 444 g/mol. The SMILES string of the molecule is CC1CC(C)(C(=O)NC2CC(F)(F)C2)CCC1C1Oc2cc(C(=O)O)cc(Cl)c2O1.